The van der Waals surface area contributed by atoms with Gasteiger partial charge in [0.1, 0.15) is 10.4 Å². The molecule has 0 unspecified atom stereocenters. The summed E-state index contributed by atoms with van der Waals surface area (Å²) < 4.78 is 14.6. The Hall–Kier alpha value is -1.13. The molecular weight excluding hydrogens is 355 g/mol. The van der Waals surface area contributed by atoms with E-state index >= 15 is 0 Å². The van der Waals surface area contributed by atoms with Crippen LogP contribution in [0.2, 0.25) is 5.02 Å². The van der Waals surface area contributed by atoms with Crippen LogP contribution in [0.25, 0.3) is 0 Å². The topological polar surface area (TPSA) is 16.1 Å². The lowest BCUT2D eigenvalue weighted by Crippen LogP contribution is -2.38. The van der Waals surface area contributed by atoms with Gasteiger partial charge in [0.15, 0.2) is 0 Å². The molecule has 1 aromatic heterocycles. The zero-order valence-corrected chi connectivity index (χ0v) is 13.6. The van der Waals surface area contributed by atoms with Crippen LogP contribution in [-0.2, 0) is 5.41 Å². The summed E-state index contributed by atoms with van der Waals surface area (Å²) in [5.74, 6) is -0.379. The van der Waals surface area contributed by atoms with Gasteiger partial charge in [-0.15, -0.1) is 0 Å². The molecule has 1 spiro atoms. The van der Waals surface area contributed by atoms with Crippen LogP contribution in [0, 0.1) is 5.82 Å². The van der Waals surface area contributed by atoms with Gasteiger partial charge in [-0.05, 0) is 59.1 Å². The first-order valence-corrected chi connectivity index (χ1v) is 8.16. The molecule has 4 rings (SSSR count). The van der Waals surface area contributed by atoms with E-state index in [0.717, 1.165) is 41.1 Å². The van der Waals surface area contributed by atoms with E-state index in [4.69, 9.17) is 16.6 Å². The Morgan fingerprint density at radius 2 is 2.05 bits per heavy atom. The Bertz CT molecular complexity index is 730. The van der Waals surface area contributed by atoms with E-state index < -0.39 is 0 Å². The standard InChI is InChI=1S/C16H13BrClFN2/c17-14-5-4-13-15(20-14)16(6-1-7-16)9-21(13)10-2-3-11(18)12(19)8-10/h2-5,8H,1,6-7,9H2. The number of benzene rings is 1. The van der Waals surface area contributed by atoms with Crippen LogP contribution >= 0.6 is 27.5 Å². The maximum Gasteiger partial charge on any atom is 0.143 e. The van der Waals surface area contributed by atoms with Crippen molar-refractivity contribution in [2.24, 2.45) is 0 Å². The first kappa shape index (κ1) is 13.5. The normalized spacial score (nSPS) is 18.7. The number of aromatic nitrogens is 1. The lowest BCUT2D eigenvalue weighted by molar-refractivity contribution is 0.260. The molecule has 2 aromatic rings. The van der Waals surface area contributed by atoms with Crippen molar-refractivity contribution in [3.8, 4) is 0 Å². The quantitative estimate of drug-likeness (QED) is 0.643. The summed E-state index contributed by atoms with van der Waals surface area (Å²) in [5, 5.41) is 0.158. The molecule has 2 heterocycles. The molecule has 1 aliphatic heterocycles. The number of halogens is 3. The van der Waals surface area contributed by atoms with Gasteiger partial charge in [-0.2, -0.15) is 0 Å². The Kier molecular flexibility index (Phi) is 3.02. The van der Waals surface area contributed by atoms with Gasteiger partial charge in [-0.25, -0.2) is 9.37 Å². The fourth-order valence-electron chi connectivity index (χ4n) is 3.38. The average Bonchev–Trinajstić information content (AvgIpc) is 2.76. The van der Waals surface area contributed by atoms with Crippen molar-refractivity contribution in [2.75, 3.05) is 11.4 Å². The van der Waals surface area contributed by atoms with Gasteiger partial charge in [0, 0.05) is 17.6 Å². The fraction of sp³-hybridized carbons (Fsp3) is 0.312. The molecule has 1 aliphatic carbocycles. The Labute approximate surface area is 136 Å². The molecule has 21 heavy (non-hydrogen) atoms. The monoisotopic (exact) mass is 366 g/mol. The van der Waals surface area contributed by atoms with E-state index in [0.29, 0.717) is 0 Å². The minimum atomic E-state index is -0.379. The van der Waals surface area contributed by atoms with Crippen molar-refractivity contribution >= 4 is 38.9 Å². The van der Waals surface area contributed by atoms with Gasteiger partial charge in [0.2, 0.25) is 0 Å². The Morgan fingerprint density at radius 1 is 1.24 bits per heavy atom. The van der Waals surface area contributed by atoms with E-state index in [1.165, 1.54) is 12.5 Å². The molecule has 0 atom stereocenters. The smallest absolute Gasteiger partial charge is 0.143 e. The van der Waals surface area contributed by atoms with Crippen molar-refractivity contribution < 1.29 is 4.39 Å². The highest BCUT2D eigenvalue weighted by molar-refractivity contribution is 9.10. The highest BCUT2D eigenvalue weighted by atomic mass is 79.9. The maximum absolute atomic E-state index is 13.8. The number of fused-ring (bicyclic) bond motifs is 2. The van der Waals surface area contributed by atoms with Crippen LogP contribution in [0.3, 0.4) is 0 Å². The van der Waals surface area contributed by atoms with Crippen molar-refractivity contribution in [2.45, 2.75) is 24.7 Å². The summed E-state index contributed by atoms with van der Waals surface area (Å²) in [4.78, 5) is 6.86. The molecule has 0 saturated heterocycles. The molecule has 108 valence electrons. The number of anilines is 2. The summed E-state index contributed by atoms with van der Waals surface area (Å²) in [6, 6.07) is 8.99. The third-order valence-electron chi connectivity index (χ3n) is 4.62. The SMILES string of the molecule is Fc1cc(N2CC3(CCC3)c3nc(Br)ccc32)ccc1Cl. The lowest BCUT2D eigenvalue weighted by Gasteiger charge is -2.38. The van der Waals surface area contributed by atoms with Crippen LogP contribution in [0.4, 0.5) is 15.8 Å². The van der Waals surface area contributed by atoms with Crippen LogP contribution in [-0.4, -0.2) is 11.5 Å². The molecule has 2 aliphatic rings. The summed E-state index contributed by atoms with van der Waals surface area (Å²) in [6.45, 7) is 0.868. The molecular formula is C16H13BrClFN2. The maximum atomic E-state index is 13.8. The number of rotatable bonds is 1. The first-order chi connectivity index (χ1) is 10.1. The predicted octanol–water partition coefficient (Wildman–Crippen LogP) is 5.21. The molecule has 0 amide bonds. The van der Waals surface area contributed by atoms with Gasteiger partial charge < -0.3 is 4.90 Å². The highest BCUT2D eigenvalue weighted by Crippen LogP contribution is 2.53. The molecule has 0 N–H and O–H groups in total. The second kappa shape index (κ2) is 4.68. The van der Waals surface area contributed by atoms with Crippen LogP contribution < -0.4 is 4.90 Å². The minimum Gasteiger partial charge on any atom is -0.339 e. The van der Waals surface area contributed by atoms with E-state index in [1.54, 1.807) is 6.07 Å². The number of pyridine rings is 1. The second-order valence-corrected chi connectivity index (χ2v) is 7.04. The van der Waals surface area contributed by atoms with Crippen molar-refractivity contribution in [3.63, 3.8) is 0 Å². The third kappa shape index (κ3) is 2.00. The summed E-state index contributed by atoms with van der Waals surface area (Å²) in [5.41, 5.74) is 3.19. The second-order valence-electron chi connectivity index (χ2n) is 5.82. The van der Waals surface area contributed by atoms with Crippen LogP contribution in [0.1, 0.15) is 25.0 Å². The molecule has 0 bridgehead atoms. The average molecular weight is 368 g/mol. The van der Waals surface area contributed by atoms with Crippen molar-refractivity contribution in [1.82, 2.24) is 4.98 Å². The third-order valence-corrected chi connectivity index (χ3v) is 5.37. The highest BCUT2D eigenvalue weighted by Gasteiger charge is 2.48. The zero-order chi connectivity index (χ0) is 14.6. The van der Waals surface area contributed by atoms with Gasteiger partial charge >= 0.3 is 0 Å². The van der Waals surface area contributed by atoms with Gasteiger partial charge in [0.05, 0.1) is 16.4 Å². The van der Waals surface area contributed by atoms with E-state index in [9.17, 15) is 4.39 Å². The summed E-state index contributed by atoms with van der Waals surface area (Å²) >= 11 is 9.25. The predicted molar refractivity (Wildman–Crippen MR) is 85.9 cm³/mol. The number of hydrogen-bond acceptors (Lipinski definition) is 2. The summed E-state index contributed by atoms with van der Waals surface area (Å²) in [7, 11) is 0. The number of hydrogen-bond donors (Lipinski definition) is 0. The van der Waals surface area contributed by atoms with Crippen LogP contribution in [0.5, 0.6) is 0 Å². The fourth-order valence-corrected chi connectivity index (χ4v) is 3.81. The largest absolute Gasteiger partial charge is 0.339 e. The molecule has 1 fully saturated rings. The molecule has 5 heteroatoms. The lowest BCUT2D eigenvalue weighted by atomic mass is 9.67. The van der Waals surface area contributed by atoms with Crippen molar-refractivity contribution in [1.29, 1.82) is 0 Å². The Balaban J connectivity index is 1.83. The van der Waals surface area contributed by atoms with Gasteiger partial charge in [-0.3, -0.25) is 0 Å². The first-order valence-electron chi connectivity index (χ1n) is 6.99. The molecule has 0 radical (unpaired) electrons. The van der Waals surface area contributed by atoms with E-state index in [-0.39, 0.29) is 16.3 Å². The minimum absolute atomic E-state index is 0.134. The van der Waals surface area contributed by atoms with E-state index in [2.05, 4.69) is 26.9 Å². The molecule has 1 saturated carbocycles. The summed E-state index contributed by atoms with van der Waals surface area (Å²) in [6.07, 6.45) is 3.53. The van der Waals surface area contributed by atoms with E-state index in [1.807, 2.05) is 12.1 Å². The zero-order valence-electron chi connectivity index (χ0n) is 11.2. The van der Waals surface area contributed by atoms with Gasteiger partial charge in [-0.1, -0.05) is 18.0 Å². The van der Waals surface area contributed by atoms with Crippen molar-refractivity contribution in [3.05, 3.63) is 51.5 Å². The molecule has 2 nitrogen and oxygen atoms in total. The number of nitrogens with zero attached hydrogens (tertiary/aromatic N) is 2. The van der Waals surface area contributed by atoms with Gasteiger partial charge in [0.25, 0.3) is 0 Å². The molecule has 1 aromatic carbocycles. The van der Waals surface area contributed by atoms with Crippen LogP contribution in [0.15, 0.2) is 34.9 Å². The Morgan fingerprint density at radius 3 is 2.71 bits per heavy atom.